The number of urea groups is 1. The Bertz CT molecular complexity index is 505. The van der Waals surface area contributed by atoms with Gasteiger partial charge >= 0.3 is 6.03 Å². The molecule has 1 aromatic rings. The first-order valence-electron chi connectivity index (χ1n) is 8.88. The highest BCUT2D eigenvalue weighted by Crippen LogP contribution is 2.34. The van der Waals surface area contributed by atoms with Gasteiger partial charge in [0.05, 0.1) is 0 Å². The van der Waals surface area contributed by atoms with E-state index in [1.165, 1.54) is 12.0 Å². The Hall–Kier alpha value is -1.59. The van der Waals surface area contributed by atoms with Crippen LogP contribution in [0.25, 0.3) is 0 Å². The standard InChI is InChI=1S/C19H32N4O/c1-21(2)13-14-23(4)19(24)20-15-17-11-8-12-22(3)18(17)16-9-6-5-7-10-16/h5-7,9-10,17-18H,8,11-15H2,1-4H3,(H,20,24)/t17-,18+/m0/s1. The molecule has 1 aromatic carbocycles. The van der Waals surface area contributed by atoms with Gasteiger partial charge in [-0.3, -0.25) is 4.90 Å². The highest BCUT2D eigenvalue weighted by Gasteiger charge is 2.30. The molecule has 1 saturated heterocycles. The minimum Gasteiger partial charge on any atom is -0.338 e. The van der Waals surface area contributed by atoms with Crippen molar-refractivity contribution in [3.05, 3.63) is 35.9 Å². The number of rotatable bonds is 6. The zero-order valence-corrected chi connectivity index (χ0v) is 15.5. The van der Waals surface area contributed by atoms with Crippen LogP contribution in [-0.2, 0) is 0 Å². The van der Waals surface area contributed by atoms with Gasteiger partial charge in [-0.2, -0.15) is 0 Å². The van der Waals surface area contributed by atoms with Crippen molar-refractivity contribution in [3.63, 3.8) is 0 Å². The summed E-state index contributed by atoms with van der Waals surface area (Å²) in [5.41, 5.74) is 1.35. The lowest BCUT2D eigenvalue weighted by atomic mass is 9.85. The molecule has 24 heavy (non-hydrogen) atoms. The van der Waals surface area contributed by atoms with E-state index >= 15 is 0 Å². The molecule has 0 spiro atoms. The summed E-state index contributed by atoms with van der Waals surface area (Å²) < 4.78 is 0. The maximum Gasteiger partial charge on any atom is 0.317 e. The zero-order valence-electron chi connectivity index (χ0n) is 15.5. The molecular formula is C19H32N4O. The predicted octanol–water partition coefficient (Wildman–Crippen LogP) is 2.27. The fraction of sp³-hybridized carbons (Fsp3) is 0.632. The van der Waals surface area contributed by atoms with E-state index in [1.807, 2.05) is 21.1 Å². The van der Waals surface area contributed by atoms with E-state index in [9.17, 15) is 4.79 Å². The smallest absolute Gasteiger partial charge is 0.317 e. The molecular weight excluding hydrogens is 300 g/mol. The molecule has 2 rings (SSSR count). The Balaban J connectivity index is 1.93. The van der Waals surface area contributed by atoms with Crippen LogP contribution in [0.2, 0.25) is 0 Å². The van der Waals surface area contributed by atoms with Crippen LogP contribution in [0.3, 0.4) is 0 Å². The number of nitrogens with zero attached hydrogens (tertiary/aromatic N) is 3. The number of likely N-dealkylation sites (N-methyl/N-ethyl adjacent to an activating group) is 2. The van der Waals surface area contributed by atoms with E-state index in [2.05, 4.69) is 52.5 Å². The summed E-state index contributed by atoms with van der Waals surface area (Å²) in [5, 5.41) is 3.14. The predicted molar refractivity (Wildman–Crippen MR) is 99.1 cm³/mol. The number of nitrogens with one attached hydrogen (secondary N) is 1. The van der Waals surface area contributed by atoms with Crippen LogP contribution >= 0.6 is 0 Å². The Kier molecular flexibility index (Phi) is 7.06. The van der Waals surface area contributed by atoms with Crippen LogP contribution in [0.5, 0.6) is 0 Å². The average Bonchev–Trinajstić information content (AvgIpc) is 2.58. The van der Waals surface area contributed by atoms with Crippen LogP contribution in [0.1, 0.15) is 24.4 Å². The Morgan fingerprint density at radius 1 is 1.21 bits per heavy atom. The molecule has 1 heterocycles. The van der Waals surface area contributed by atoms with E-state index in [1.54, 1.807) is 4.90 Å². The molecule has 0 radical (unpaired) electrons. The van der Waals surface area contributed by atoms with Gasteiger partial charge in [0.1, 0.15) is 0 Å². The summed E-state index contributed by atoms with van der Waals surface area (Å²) in [5.74, 6) is 0.456. The molecule has 1 aliphatic heterocycles. The number of carbonyl (C=O) groups is 1. The van der Waals surface area contributed by atoms with Crippen molar-refractivity contribution < 1.29 is 4.79 Å². The van der Waals surface area contributed by atoms with Crippen LogP contribution in [0, 0.1) is 5.92 Å². The highest BCUT2D eigenvalue weighted by atomic mass is 16.2. The minimum absolute atomic E-state index is 0.0249. The van der Waals surface area contributed by atoms with E-state index in [0.717, 1.165) is 32.6 Å². The van der Waals surface area contributed by atoms with Gasteiger partial charge in [0, 0.05) is 32.7 Å². The normalized spacial score (nSPS) is 21.7. The molecule has 0 aliphatic carbocycles. The molecule has 0 aromatic heterocycles. The van der Waals surface area contributed by atoms with Gasteiger partial charge in [-0.05, 0) is 52.0 Å². The van der Waals surface area contributed by atoms with Crippen LogP contribution in [0.4, 0.5) is 4.79 Å². The largest absolute Gasteiger partial charge is 0.338 e. The van der Waals surface area contributed by atoms with Crippen molar-refractivity contribution in [3.8, 4) is 0 Å². The minimum atomic E-state index is 0.0249. The maximum absolute atomic E-state index is 12.3. The number of hydrogen-bond donors (Lipinski definition) is 1. The van der Waals surface area contributed by atoms with Crippen molar-refractivity contribution in [1.29, 1.82) is 0 Å². The second-order valence-corrected chi connectivity index (χ2v) is 7.15. The molecule has 5 nitrogen and oxygen atoms in total. The second-order valence-electron chi connectivity index (χ2n) is 7.15. The third kappa shape index (κ3) is 5.21. The third-order valence-electron chi connectivity index (χ3n) is 4.89. The van der Waals surface area contributed by atoms with Gasteiger partial charge in [0.2, 0.25) is 0 Å². The van der Waals surface area contributed by atoms with Crippen molar-refractivity contribution >= 4 is 6.03 Å². The van der Waals surface area contributed by atoms with Crippen LogP contribution < -0.4 is 5.32 Å². The van der Waals surface area contributed by atoms with Crippen molar-refractivity contribution in [2.75, 3.05) is 54.4 Å². The van der Waals surface area contributed by atoms with Crippen molar-refractivity contribution in [2.24, 2.45) is 5.92 Å². The summed E-state index contributed by atoms with van der Waals surface area (Å²) in [7, 11) is 8.09. The molecule has 0 bridgehead atoms. The van der Waals surface area contributed by atoms with Crippen LogP contribution in [0.15, 0.2) is 30.3 Å². The first kappa shape index (κ1) is 18.7. The van der Waals surface area contributed by atoms with Gasteiger partial charge in [-0.25, -0.2) is 4.79 Å². The van der Waals surface area contributed by atoms with E-state index < -0.39 is 0 Å². The van der Waals surface area contributed by atoms with Crippen molar-refractivity contribution in [1.82, 2.24) is 20.0 Å². The third-order valence-corrected chi connectivity index (χ3v) is 4.89. The number of hydrogen-bond acceptors (Lipinski definition) is 3. The number of amides is 2. The molecule has 0 saturated carbocycles. The fourth-order valence-electron chi connectivity index (χ4n) is 3.46. The lowest BCUT2D eigenvalue weighted by Gasteiger charge is -2.40. The summed E-state index contributed by atoms with van der Waals surface area (Å²) >= 11 is 0. The molecule has 1 N–H and O–H groups in total. The quantitative estimate of drug-likeness (QED) is 0.868. The number of benzene rings is 1. The average molecular weight is 332 g/mol. The molecule has 5 heteroatoms. The van der Waals surface area contributed by atoms with Gasteiger partial charge in [-0.15, -0.1) is 0 Å². The van der Waals surface area contributed by atoms with Gasteiger partial charge in [0.15, 0.2) is 0 Å². The number of piperidine rings is 1. The van der Waals surface area contributed by atoms with E-state index in [4.69, 9.17) is 0 Å². The zero-order chi connectivity index (χ0) is 17.5. The SMILES string of the molecule is CN(C)CCN(C)C(=O)NC[C@@H]1CCCN(C)[C@@H]1c1ccccc1. The molecule has 0 unspecified atom stereocenters. The van der Waals surface area contributed by atoms with E-state index in [0.29, 0.717) is 12.0 Å². The molecule has 2 amide bonds. The molecule has 2 atom stereocenters. The monoisotopic (exact) mass is 332 g/mol. The topological polar surface area (TPSA) is 38.8 Å². The summed E-state index contributed by atoms with van der Waals surface area (Å²) in [4.78, 5) is 18.6. The maximum atomic E-state index is 12.3. The van der Waals surface area contributed by atoms with Gasteiger partial charge in [-0.1, -0.05) is 30.3 Å². The Morgan fingerprint density at radius 3 is 2.58 bits per heavy atom. The lowest BCUT2D eigenvalue weighted by molar-refractivity contribution is 0.118. The van der Waals surface area contributed by atoms with Crippen LogP contribution in [-0.4, -0.2) is 75.1 Å². The molecule has 1 aliphatic rings. The van der Waals surface area contributed by atoms with Gasteiger partial charge in [0.25, 0.3) is 0 Å². The Morgan fingerprint density at radius 2 is 1.92 bits per heavy atom. The molecule has 1 fully saturated rings. The summed E-state index contributed by atoms with van der Waals surface area (Å²) in [6.07, 6.45) is 2.35. The second kappa shape index (κ2) is 9.04. The highest BCUT2D eigenvalue weighted by molar-refractivity contribution is 5.73. The Labute approximate surface area is 146 Å². The molecule has 134 valence electrons. The number of likely N-dealkylation sites (tertiary alicyclic amines) is 1. The summed E-state index contributed by atoms with van der Waals surface area (Å²) in [6, 6.07) is 11.1. The first-order chi connectivity index (χ1) is 11.5. The summed E-state index contributed by atoms with van der Waals surface area (Å²) in [6.45, 7) is 3.47. The first-order valence-corrected chi connectivity index (χ1v) is 8.88. The lowest BCUT2D eigenvalue weighted by Crippen LogP contribution is -2.45. The number of carbonyl (C=O) groups excluding carboxylic acids is 1. The van der Waals surface area contributed by atoms with Crippen molar-refractivity contribution in [2.45, 2.75) is 18.9 Å². The van der Waals surface area contributed by atoms with E-state index in [-0.39, 0.29) is 6.03 Å². The van der Waals surface area contributed by atoms with Gasteiger partial charge < -0.3 is 15.1 Å². The fourth-order valence-corrected chi connectivity index (χ4v) is 3.46.